The van der Waals surface area contributed by atoms with Crippen LogP contribution < -0.4 is 0 Å². The summed E-state index contributed by atoms with van der Waals surface area (Å²) in [6.07, 6.45) is 43.8. The molecule has 0 radical (unpaired) electrons. The van der Waals surface area contributed by atoms with Crippen LogP contribution in [-0.4, -0.2) is 37.2 Å². The zero-order valence-corrected chi connectivity index (χ0v) is 37.4. The van der Waals surface area contributed by atoms with Gasteiger partial charge in [0.05, 0.1) is 0 Å². The fourth-order valence-corrected chi connectivity index (χ4v) is 7.33. The largest absolute Gasteiger partial charge is 0.462 e. The van der Waals surface area contributed by atoms with Gasteiger partial charge in [0.25, 0.3) is 0 Å². The first-order chi connectivity index (χ1) is 26.9. The maximum absolute atomic E-state index is 12.7. The van der Waals surface area contributed by atoms with Gasteiger partial charge in [0.15, 0.2) is 6.10 Å². The minimum atomic E-state index is -0.760. The van der Waals surface area contributed by atoms with Crippen molar-refractivity contribution in [1.29, 1.82) is 0 Å². The molecule has 0 aliphatic rings. The third kappa shape index (κ3) is 43.4. The Morgan fingerprint density at radius 1 is 0.345 bits per heavy atom. The van der Waals surface area contributed by atoms with E-state index in [4.69, 9.17) is 14.2 Å². The van der Waals surface area contributed by atoms with Gasteiger partial charge in [0.1, 0.15) is 13.2 Å². The predicted octanol–water partition coefficient (Wildman–Crippen LogP) is 15.5. The first kappa shape index (κ1) is 53.4. The minimum Gasteiger partial charge on any atom is -0.462 e. The molecule has 0 aromatic carbocycles. The van der Waals surface area contributed by atoms with E-state index in [1.54, 1.807) is 0 Å². The summed E-state index contributed by atoms with van der Waals surface area (Å²) in [5.74, 6) is -0.0701. The summed E-state index contributed by atoms with van der Waals surface area (Å²) in [5.41, 5.74) is 0. The summed E-state index contributed by atoms with van der Waals surface area (Å²) in [6.45, 7) is 8.96. The molecule has 0 bridgehead atoms. The molecular formula is C49H94O6. The lowest BCUT2D eigenvalue weighted by atomic mass is 10.0. The summed E-state index contributed by atoms with van der Waals surface area (Å²) in [6, 6.07) is 0. The van der Waals surface area contributed by atoms with Crippen LogP contribution in [0.2, 0.25) is 0 Å². The SMILES string of the molecule is CCCCCCCCCCCCCCCCCC(=O)OC[C@@H](COC(=O)CCCCCCCCCC(C)C)OC(=O)CCCCCCCCCCCCCC. The van der Waals surface area contributed by atoms with Crippen molar-refractivity contribution in [1.82, 2.24) is 0 Å². The molecule has 0 unspecified atom stereocenters. The van der Waals surface area contributed by atoms with E-state index >= 15 is 0 Å². The third-order valence-electron chi connectivity index (χ3n) is 11.0. The Morgan fingerprint density at radius 3 is 0.891 bits per heavy atom. The quantitative estimate of drug-likeness (QED) is 0.0348. The maximum Gasteiger partial charge on any atom is 0.306 e. The number of hydrogen-bond acceptors (Lipinski definition) is 6. The Bertz CT molecular complexity index is 826. The average molecular weight is 779 g/mol. The fraction of sp³-hybridized carbons (Fsp3) is 0.939. The number of ether oxygens (including phenoxy) is 3. The van der Waals surface area contributed by atoms with Crippen LogP contribution in [0.25, 0.3) is 0 Å². The molecule has 0 aliphatic heterocycles. The molecule has 0 spiro atoms. The Balaban J connectivity index is 4.29. The Labute approximate surface area is 342 Å². The lowest BCUT2D eigenvalue weighted by Crippen LogP contribution is -2.30. The second-order valence-corrected chi connectivity index (χ2v) is 17.2. The molecule has 55 heavy (non-hydrogen) atoms. The number of carbonyl (C=O) groups excluding carboxylic acids is 3. The van der Waals surface area contributed by atoms with E-state index in [0.717, 1.165) is 63.7 Å². The molecule has 0 aromatic rings. The molecule has 1 atom stereocenters. The molecule has 0 aromatic heterocycles. The molecule has 0 rings (SSSR count). The van der Waals surface area contributed by atoms with Crippen molar-refractivity contribution in [3.63, 3.8) is 0 Å². The number of unbranched alkanes of at least 4 members (excludes halogenated alkanes) is 31. The highest BCUT2D eigenvalue weighted by molar-refractivity contribution is 5.71. The van der Waals surface area contributed by atoms with Crippen LogP contribution in [-0.2, 0) is 28.6 Å². The van der Waals surface area contributed by atoms with E-state index in [0.29, 0.717) is 19.3 Å². The minimum absolute atomic E-state index is 0.0636. The first-order valence-corrected chi connectivity index (χ1v) is 24.4. The normalized spacial score (nSPS) is 11.9. The molecule has 0 N–H and O–H groups in total. The predicted molar refractivity (Wildman–Crippen MR) is 233 cm³/mol. The second-order valence-electron chi connectivity index (χ2n) is 17.2. The van der Waals surface area contributed by atoms with Gasteiger partial charge in [-0.1, -0.05) is 233 Å². The van der Waals surface area contributed by atoms with Crippen molar-refractivity contribution in [2.75, 3.05) is 13.2 Å². The van der Waals surface area contributed by atoms with E-state index in [-0.39, 0.29) is 31.1 Å². The smallest absolute Gasteiger partial charge is 0.306 e. The summed E-state index contributed by atoms with van der Waals surface area (Å²) in [4.78, 5) is 37.8. The van der Waals surface area contributed by atoms with Crippen molar-refractivity contribution in [2.45, 2.75) is 278 Å². The Hall–Kier alpha value is -1.59. The van der Waals surface area contributed by atoms with Crippen LogP contribution in [0.3, 0.4) is 0 Å². The third-order valence-corrected chi connectivity index (χ3v) is 11.0. The molecule has 0 saturated carbocycles. The zero-order valence-electron chi connectivity index (χ0n) is 37.4. The molecule has 0 aliphatic carbocycles. The van der Waals surface area contributed by atoms with Crippen molar-refractivity contribution >= 4 is 17.9 Å². The van der Waals surface area contributed by atoms with Crippen LogP contribution in [0.4, 0.5) is 0 Å². The molecular weight excluding hydrogens is 685 g/mol. The molecule has 326 valence electrons. The molecule has 0 fully saturated rings. The lowest BCUT2D eigenvalue weighted by Gasteiger charge is -2.18. The Kier molecular flexibility index (Phi) is 42.3. The molecule has 6 nitrogen and oxygen atoms in total. The maximum atomic E-state index is 12.7. The van der Waals surface area contributed by atoms with Gasteiger partial charge >= 0.3 is 17.9 Å². The highest BCUT2D eigenvalue weighted by Crippen LogP contribution is 2.16. The number of hydrogen-bond donors (Lipinski definition) is 0. The van der Waals surface area contributed by atoms with E-state index < -0.39 is 6.10 Å². The summed E-state index contributed by atoms with van der Waals surface area (Å²) in [7, 11) is 0. The van der Waals surface area contributed by atoms with Gasteiger partial charge < -0.3 is 14.2 Å². The topological polar surface area (TPSA) is 78.9 Å². The Morgan fingerprint density at radius 2 is 0.600 bits per heavy atom. The van der Waals surface area contributed by atoms with Crippen LogP contribution >= 0.6 is 0 Å². The van der Waals surface area contributed by atoms with Crippen molar-refractivity contribution in [2.24, 2.45) is 5.92 Å². The summed E-state index contributed by atoms with van der Waals surface area (Å²) < 4.78 is 16.7. The highest BCUT2D eigenvalue weighted by atomic mass is 16.6. The van der Waals surface area contributed by atoms with Crippen molar-refractivity contribution < 1.29 is 28.6 Å². The molecule has 0 heterocycles. The van der Waals surface area contributed by atoms with Crippen LogP contribution in [0.5, 0.6) is 0 Å². The van der Waals surface area contributed by atoms with Gasteiger partial charge in [-0.2, -0.15) is 0 Å². The number of esters is 3. The van der Waals surface area contributed by atoms with E-state index in [1.807, 2.05) is 0 Å². The van der Waals surface area contributed by atoms with Crippen molar-refractivity contribution in [3.8, 4) is 0 Å². The van der Waals surface area contributed by atoms with Gasteiger partial charge in [-0.25, -0.2) is 0 Å². The average Bonchev–Trinajstić information content (AvgIpc) is 3.17. The standard InChI is InChI=1S/C49H94O6/c1-5-7-9-11-13-15-17-19-20-21-23-24-28-32-36-40-47(50)53-43-46(44-54-48(51)41-37-33-30-26-27-31-35-39-45(3)4)55-49(52)42-38-34-29-25-22-18-16-14-12-10-8-6-2/h45-46H,5-44H2,1-4H3/t46-/m0/s1. The second kappa shape index (κ2) is 43.5. The van der Waals surface area contributed by atoms with Crippen molar-refractivity contribution in [3.05, 3.63) is 0 Å². The van der Waals surface area contributed by atoms with E-state index in [1.165, 1.54) is 167 Å². The van der Waals surface area contributed by atoms with Gasteiger partial charge in [-0.3, -0.25) is 14.4 Å². The van der Waals surface area contributed by atoms with Crippen LogP contribution in [0, 0.1) is 5.92 Å². The number of rotatable bonds is 44. The van der Waals surface area contributed by atoms with Gasteiger partial charge in [0.2, 0.25) is 0 Å². The molecule has 6 heteroatoms. The zero-order chi connectivity index (χ0) is 40.3. The van der Waals surface area contributed by atoms with Crippen LogP contribution in [0.1, 0.15) is 272 Å². The van der Waals surface area contributed by atoms with E-state index in [9.17, 15) is 14.4 Å². The van der Waals surface area contributed by atoms with E-state index in [2.05, 4.69) is 27.7 Å². The lowest BCUT2D eigenvalue weighted by molar-refractivity contribution is -0.167. The van der Waals surface area contributed by atoms with Gasteiger partial charge in [-0.15, -0.1) is 0 Å². The number of carbonyl (C=O) groups is 3. The fourth-order valence-electron chi connectivity index (χ4n) is 7.33. The first-order valence-electron chi connectivity index (χ1n) is 24.4. The molecule has 0 saturated heterocycles. The monoisotopic (exact) mass is 779 g/mol. The van der Waals surface area contributed by atoms with Crippen LogP contribution in [0.15, 0.2) is 0 Å². The summed E-state index contributed by atoms with van der Waals surface area (Å²) in [5, 5.41) is 0. The molecule has 0 amide bonds. The highest BCUT2D eigenvalue weighted by Gasteiger charge is 2.19. The van der Waals surface area contributed by atoms with Gasteiger partial charge in [-0.05, 0) is 25.2 Å². The van der Waals surface area contributed by atoms with Gasteiger partial charge in [0, 0.05) is 19.3 Å². The summed E-state index contributed by atoms with van der Waals surface area (Å²) >= 11 is 0.